The predicted molar refractivity (Wildman–Crippen MR) is 75.4 cm³/mol. The lowest BCUT2D eigenvalue weighted by Gasteiger charge is -2.57. The first kappa shape index (κ1) is 11.5. The Balaban J connectivity index is 1.36. The molecule has 4 bridgehead atoms. The van der Waals surface area contributed by atoms with Crippen molar-refractivity contribution >= 4 is 0 Å². The molecule has 5 rings (SSSR count). The van der Waals surface area contributed by atoms with Gasteiger partial charge in [0.05, 0.1) is 0 Å². The van der Waals surface area contributed by atoms with E-state index in [-0.39, 0.29) is 0 Å². The Labute approximate surface area is 111 Å². The van der Waals surface area contributed by atoms with E-state index < -0.39 is 0 Å². The van der Waals surface area contributed by atoms with Crippen LogP contribution in [-0.2, 0) is 0 Å². The van der Waals surface area contributed by atoms with E-state index in [0.29, 0.717) is 5.41 Å². The molecule has 0 radical (unpaired) electrons. The van der Waals surface area contributed by atoms with E-state index in [1.807, 2.05) is 0 Å². The Morgan fingerprint density at radius 2 is 1.72 bits per heavy atom. The van der Waals surface area contributed by atoms with Crippen LogP contribution in [0.1, 0.15) is 57.8 Å². The van der Waals surface area contributed by atoms with Crippen LogP contribution in [0.5, 0.6) is 0 Å². The first-order chi connectivity index (χ1) is 8.81. The van der Waals surface area contributed by atoms with Crippen molar-refractivity contribution in [3.05, 3.63) is 11.6 Å². The van der Waals surface area contributed by atoms with Crippen molar-refractivity contribution in [1.82, 2.24) is 5.32 Å². The zero-order chi connectivity index (χ0) is 12.0. The third kappa shape index (κ3) is 2.05. The largest absolute Gasteiger partial charge is 0.312 e. The van der Waals surface area contributed by atoms with Gasteiger partial charge in [0.15, 0.2) is 0 Å². The Bertz CT molecular complexity index is 319. The standard InChI is InChI=1S/C17H27N/c1-2-4-13(3-1)11-18-12-17-8-14-5-15(9-17)7-16(6-14)10-17/h3,14-16,18H,1-2,4-12H2. The minimum atomic E-state index is 0.716. The minimum Gasteiger partial charge on any atom is -0.312 e. The maximum atomic E-state index is 3.82. The summed E-state index contributed by atoms with van der Waals surface area (Å²) in [5.74, 6) is 3.30. The number of nitrogens with one attached hydrogen (secondary N) is 1. The third-order valence-corrected chi connectivity index (χ3v) is 6.15. The monoisotopic (exact) mass is 245 g/mol. The molecule has 100 valence electrons. The van der Waals surface area contributed by atoms with Crippen LogP contribution < -0.4 is 5.32 Å². The molecule has 4 saturated carbocycles. The molecule has 0 amide bonds. The topological polar surface area (TPSA) is 12.0 Å². The zero-order valence-corrected chi connectivity index (χ0v) is 11.6. The summed E-state index contributed by atoms with van der Waals surface area (Å²) in [6.07, 6.45) is 15.9. The Morgan fingerprint density at radius 3 is 2.28 bits per heavy atom. The molecule has 0 heterocycles. The highest BCUT2D eigenvalue weighted by Gasteiger charge is 2.50. The average Bonchev–Trinajstić information content (AvgIpc) is 2.79. The van der Waals surface area contributed by atoms with Crippen LogP contribution in [-0.4, -0.2) is 13.1 Å². The Kier molecular flexibility index (Phi) is 2.80. The van der Waals surface area contributed by atoms with Crippen LogP contribution in [0.25, 0.3) is 0 Å². The lowest BCUT2D eigenvalue weighted by atomic mass is 9.49. The lowest BCUT2D eigenvalue weighted by Crippen LogP contribution is -2.50. The summed E-state index contributed by atoms with van der Waals surface area (Å²) in [5, 5.41) is 3.82. The molecule has 0 aliphatic heterocycles. The summed E-state index contributed by atoms with van der Waals surface area (Å²) < 4.78 is 0. The fraction of sp³-hybridized carbons (Fsp3) is 0.882. The van der Waals surface area contributed by atoms with Crippen molar-refractivity contribution in [2.24, 2.45) is 23.2 Å². The van der Waals surface area contributed by atoms with Crippen LogP contribution in [0.4, 0.5) is 0 Å². The van der Waals surface area contributed by atoms with Crippen LogP contribution in [0.3, 0.4) is 0 Å². The molecule has 0 unspecified atom stereocenters. The number of allylic oxidation sites excluding steroid dienone is 1. The van der Waals surface area contributed by atoms with E-state index in [1.165, 1.54) is 32.4 Å². The van der Waals surface area contributed by atoms with Crippen molar-refractivity contribution in [3.63, 3.8) is 0 Å². The average molecular weight is 245 g/mol. The normalized spacial score (nSPS) is 45.6. The van der Waals surface area contributed by atoms with E-state index in [1.54, 1.807) is 44.1 Å². The molecule has 18 heavy (non-hydrogen) atoms. The predicted octanol–water partition coefficient (Wildman–Crippen LogP) is 3.90. The van der Waals surface area contributed by atoms with E-state index in [2.05, 4.69) is 11.4 Å². The van der Waals surface area contributed by atoms with E-state index in [4.69, 9.17) is 0 Å². The van der Waals surface area contributed by atoms with Crippen molar-refractivity contribution < 1.29 is 0 Å². The molecule has 1 nitrogen and oxygen atoms in total. The van der Waals surface area contributed by atoms with Gasteiger partial charge in [0.1, 0.15) is 0 Å². The van der Waals surface area contributed by atoms with Crippen molar-refractivity contribution in [2.75, 3.05) is 13.1 Å². The molecular weight excluding hydrogens is 218 g/mol. The lowest BCUT2D eigenvalue weighted by molar-refractivity contribution is -0.0509. The highest BCUT2D eigenvalue weighted by atomic mass is 14.9. The summed E-state index contributed by atoms with van der Waals surface area (Å²) in [6, 6.07) is 0. The van der Waals surface area contributed by atoms with Crippen LogP contribution in [0.15, 0.2) is 11.6 Å². The molecule has 0 aromatic carbocycles. The van der Waals surface area contributed by atoms with E-state index in [9.17, 15) is 0 Å². The molecule has 0 aromatic rings. The molecule has 0 aromatic heterocycles. The third-order valence-electron chi connectivity index (χ3n) is 6.15. The summed E-state index contributed by atoms with van der Waals surface area (Å²) in [7, 11) is 0. The number of hydrogen-bond acceptors (Lipinski definition) is 1. The molecule has 4 fully saturated rings. The van der Waals surface area contributed by atoms with E-state index in [0.717, 1.165) is 17.8 Å². The van der Waals surface area contributed by atoms with E-state index >= 15 is 0 Å². The molecule has 0 saturated heterocycles. The summed E-state index contributed by atoms with van der Waals surface area (Å²) in [4.78, 5) is 0. The van der Waals surface area contributed by atoms with Gasteiger partial charge in [-0.3, -0.25) is 0 Å². The van der Waals surface area contributed by atoms with Crippen molar-refractivity contribution in [1.29, 1.82) is 0 Å². The van der Waals surface area contributed by atoms with Gasteiger partial charge < -0.3 is 5.32 Å². The van der Waals surface area contributed by atoms with Gasteiger partial charge in [-0.25, -0.2) is 0 Å². The highest BCUT2D eigenvalue weighted by molar-refractivity contribution is 5.10. The van der Waals surface area contributed by atoms with Gasteiger partial charge in [-0.05, 0) is 81.0 Å². The smallest absolute Gasteiger partial charge is 0.0164 e. The second-order valence-electron chi connectivity index (χ2n) is 7.78. The summed E-state index contributed by atoms with van der Waals surface area (Å²) in [5.41, 5.74) is 2.40. The maximum absolute atomic E-state index is 3.82. The molecule has 5 aliphatic rings. The van der Waals surface area contributed by atoms with Crippen LogP contribution in [0, 0.1) is 23.2 Å². The second kappa shape index (κ2) is 4.37. The molecule has 5 aliphatic carbocycles. The Hall–Kier alpha value is -0.300. The molecule has 0 atom stereocenters. The summed E-state index contributed by atoms with van der Waals surface area (Å²) >= 11 is 0. The van der Waals surface area contributed by atoms with Crippen molar-refractivity contribution in [2.45, 2.75) is 57.8 Å². The van der Waals surface area contributed by atoms with Gasteiger partial charge in [0.25, 0.3) is 0 Å². The maximum Gasteiger partial charge on any atom is 0.0164 e. The van der Waals surface area contributed by atoms with Crippen molar-refractivity contribution in [3.8, 4) is 0 Å². The quantitative estimate of drug-likeness (QED) is 0.741. The molecule has 1 heteroatoms. The first-order valence-corrected chi connectivity index (χ1v) is 8.20. The number of hydrogen-bond donors (Lipinski definition) is 1. The van der Waals surface area contributed by atoms with Gasteiger partial charge in [-0.2, -0.15) is 0 Å². The van der Waals surface area contributed by atoms with Gasteiger partial charge in [0, 0.05) is 13.1 Å². The number of rotatable bonds is 4. The van der Waals surface area contributed by atoms with Gasteiger partial charge in [0.2, 0.25) is 0 Å². The van der Waals surface area contributed by atoms with Gasteiger partial charge in [-0.1, -0.05) is 11.6 Å². The fourth-order valence-corrected chi connectivity index (χ4v) is 5.89. The van der Waals surface area contributed by atoms with Crippen LogP contribution in [0.2, 0.25) is 0 Å². The fourth-order valence-electron chi connectivity index (χ4n) is 5.89. The SMILES string of the molecule is C1=C(CNCC23CC4CC(CC(C4)C2)C3)CCC1. The molecule has 0 spiro atoms. The van der Waals surface area contributed by atoms with Crippen LogP contribution >= 0.6 is 0 Å². The first-order valence-electron chi connectivity index (χ1n) is 8.20. The van der Waals surface area contributed by atoms with Gasteiger partial charge >= 0.3 is 0 Å². The highest BCUT2D eigenvalue weighted by Crippen LogP contribution is 2.59. The summed E-state index contributed by atoms with van der Waals surface area (Å²) in [6.45, 7) is 2.50. The zero-order valence-electron chi connectivity index (χ0n) is 11.6. The molecule has 1 N–H and O–H groups in total. The molecular formula is C17H27N. The minimum absolute atomic E-state index is 0.716. The second-order valence-corrected chi connectivity index (χ2v) is 7.78. The van der Waals surface area contributed by atoms with Gasteiger partial charge in [-0.15, -0.1) is 0 Å². The Morgan fingerprint density at radius 1 is 1.06 bits per heavy atom.